The van der Waals surface area contributed by atoms with E-state index in [0.29, 0.717) is 11.5 Å². The van der Waals surface area contributed by atoms with Gasteiger partial charge in [-0.3, -0.25) is 5.43 Å². The number of carboxylic acids is 1. The summed E-state index contributed by atoms with van der Waals surface area (Å²) < 4.78 is 0. The van der Waals surface area contributed by atoms with Crippen LogP contribution in [0.25, 0.3) is 0 Å². The van der Waals surface area contributed by atoms with Crippen molar-refractivity contribution in [1.82, 2.24) is 5.53 Å². The van der Waals surface area contributed by atoms with Crippen LogP contribution < -0.4 is 16.7 Å². The monoisotopic (exact) mass is 284 g/mol. The van der Waals surface area contributed by atoms with Crippen LogP contribution in [0.5, 0.6) is 0 Å². The summed E-state index contributed by atoms with van der Waals surface area (Å²) in [4.78, 5) is 10.7. The van der Waals surface area contributed by atoms with Crippen molar-refractivity contribution in [3.8, 4) is 0 Å². The predicted molar refractivity (Wildman–Crippen MR) is 82.1 cm³/mol. The largest absolute Gasteiger partial charge is 0.478 e. The second-order valence-corrected chi connectivity index (χ2v) is 4.48. The number of hydrogen-bond acceptors (Lipinski definition) is 4. The fourth-order valence-corrected chi connectivity index (χ4v) is 1.64. The quantitative estimate of drug-likeness (QED) is 0.382. The number of hydrazone groups is 1. The minimum absolute atomic E-state index is 0.225. The summed E-state index contributed by atoms with van der Waals surface area (Å²) >= 11 is 0. The van der Waals surface area contributed by atoms with Crippen LogP contribution in [-0.4, -0.2) is 16.9 Å². The summed E-state index contributed by atoms with van der Waals surface area (Å²) in [6.45, 7) is 2.00. The Morgan fingerprint density at radius 2 is 1.62 bits per heavy atom. The highest BCUT2D eigenvalue weighted by Crippen LogP contribution is 2.08. The molecule has 0 saturated heterocycles. The molecule has 0 aliphatic heterocycles. The first kappa shape index (κ1) is 14.4. The molecule has 0 bridgehead atoms. The third-order valence-corrected chi connectivity index (χ3v) is 2.86. The van der Waals surface area contributed by atoms with Crippen molar-refractivity contribution < 1.29 is 9.90 Å². The van der Waals surface area contributed by atoms with E-state index in [1.807, 2.05) is 31.2 Å². The smallest absolute Gasteiger partial charge is 0.335 e. The molecule has 21 heavy (non-hydrogen) atoms. The van der Waals surface area contributed by atoms with Gasteiger partial charge in [-0.15, -0.1) is 5.10 Å². The van der Waals surface area contributed by atoms with Crippen LogP contribution in [0.3, 0.4) is 0 Å². The molecule has 0 saturated carbocycles. The standard InChI is InChI=1S/C15H16N4O2/c1-10-2-4-11(5-3-10)14(16)18-19-17-13-8-6-12(7-9-13)15(20)21/h2-9,17,19H,1H3,(H2,16,18)(H,20,21). The van der Waals surface area contributed by atoms with Crippen LogP contribution in [0.1, 0.15) is 21.5 Å². The highest BCUT2D eigenvalue weighted by molar-refractivity contribution is 5.97. The van der Waals surface area contributed by atoms with Crippen molar-refractivity contribution in [1.29, 1.82) is 0 Å². The van der Waals surface area contributed by atoms with E-state index in [4.69, 9.17) is 10.8 Å². The van der Waals surface area contributed by atoms with E-state index in [1.165, 1.54) is 12.1 Å². The molecule has 0 heterocycles. The number of rotatable bonds is 5. The summed E-state index contributed by atoms with van der Waals surface area (Å²) in [5, 5.41) is 12.8. The molecule has 5 N–H and O–H groups in total. The maximum absolute atomic E-state index is 10.7. The first-order chi connectivity index (χ1) is 10.1. The lowest BCUT2D eigenvalue weighted by molar-refractivity contribution is 0.0697. The fourth-order valence-electron chi connectivity index (χ4n) is 1.64. The lowest BCUT2D eigenvalue weighted by atomic mass is 10.1. The molecule has 0 radical (unpaired) electrons. The third kappa shape index (κ3) is 3.97. The lowest BCUT2D eigenvalue weighted by Gasteiger charge is -2.07. The van der Waals surface area contributed by atoms with Gasteiger partial charge in [-0.25, -0.2) is 10.3 Å². The van der Waals surface area contributed by atoms with Crippen LogP contribution in [-0.2, 0) is 0 Å². The summed E-state index contributed by atoms with van der Waals surface area (Å²) in [7, 11) is 0. The normalized spacial score (nSPS) is 11.0. The van der Waals surface area contributed by atoms with Gasteiger partial charge in [0, 0.05) is 5.56 Å². The molecule has 0 fully saturated rings. The molecule has 6 heteroatoms. The third-order valence-electron chi connectivity index (χ3n) is 2.86. The number of aromatic carboxylic acids is 1. The second-order valence-electron chi connectivity index (χ2n) is 4.48. The highest BCUT2D eigenvalue weighted by Gasteiger charge is 2.01. The molecule has 0 aliphatic rings. The van der Waals surface area contributed by atoms with Crippen molar-refractivity contribution in [2.45, 2.75) is 6.92 Å². The zero-order valence-corrected chi connectivity index (χ0v) is 11.5. The van der Waals surface area contributed by atoms with Gasteiger partial charge in [-0.05, 0) is 31.2 Å². The topological polar surface area (TPSA) is 99.7 Å². The molecule has 0 unspecified atom stereocenters. The molecule has 2 rings (SSSR count). The van der Waals surface area contributed by atoms with E-state index in [-0.39, 0.29) is 5.56 Å². The summed E-state index contributed by atoms with van der Waals surface area (Å²) in [6.07, 6.45) is 0. The predicted octanol–water partition coefficient (Wildman–Crippen LogP) is 1.93. The van der Waals surface area contributed by atoms with Crippen molar-refractivity contribution in [3.05, 3.63) is 65.2 Å². The highest BCUT2D eigenvalue weighted by atomic mass is 16.4. The Labute approximate surface area is 122 Å². The Morgan fingerprint density at radius 3 is 2.19 bits per heavy atom. The number of amidine groups is 1. The van der Waals surface area contributed by atoms with Gasteiger partial charge >= 0.3 is 5.97 Å². The minimum atomic E-state index is -0.962. The molecule has 0 amide bonds. The Kier molecular flexibility index (Phi) is 4.40. The molecule has 0 aliphatic carbocycles. The van der Waals surface area contributed by atoms with Gasteiger partial charge in [0.15, 0.2) is 5.84 Å². The van der Waals surface area contributed by atoms with Crippen molar-refractivity contribution in [2.75, 3.05) is 5.43 Å². The molecule has 0 spiro atoms. The number of carboxylic acid groups (broad SMARTS) is 1. The fraction of sp³-hybridized carbons (Fsp3) is 0.0667. The molecule has 0 atom stereocenters. The molecular formula is C15H16N4O2. The van der Waals surface area contributed by atoms with Crippen LogP contribution in [0.2, 0.25) is 0 Å². The molecule has 0 aromatic heterocycles. The number of carbonyl (C=O) groups is 1. The summed E-state index contributed by atoms with van der Waals surface area (Å²) in [5.74, 6) is -0.610. The number of nitrogens with zero attached hydrogens (tertiary/aromatic N) is 1. The van der Waals surface area contributed by atoms with Gasteiger partial charge in [-0.1, -0.05) is 29.8 Å². The first-order valence-corrected chi connectivity index (χ1v) is 6.31. The Balaban J connectivity index is 1.95. The van der Waals surface area contributed by atoms with Crippen LogP contribution in [0, 0.1) is 6.92 Å². The number of hydrogen-bond donors (Lipinski definition) is 4. The van der Waals surface area contributed by atoms with E-state index >= 15 is 0 Å². The van der Waals surface area contributed by atoms with Crippen LogP contribution >= 0.6 is 0 Å². The van der Waals surface area contributed by atoms with Crippen LogP contribution in [0.15, 0.2) is 53.6 Å². The molecule has 6 nitrogen and oxygen atoms in total. The van der Waals surface area contributed by atoms with E-state index < -0.39 is 5.97 Å². The lowest BCUT2D eigenvalue weighted by Crippen LogP contribution is -2.22. The van der Waals surface area contributed by atoms with E-state index in [0.717, 1.165) is 11.1 Å². The van der Waals surface area contributed by atoms with Gasteiger partial charge in [0.1, 0.15) is 0 Å². The SMILES string of the molecule is Cc1ccc(/C(N)=N/NNc2ccc(C(=O)O)cc2)cc1. The Morgan fingerprint density at radius 1 is 1.05 bits per heavy atom. The van der Waals surface area contributed by atoms with Gasteiger partial charge in [0.25, 0.3) is 0 Å². The van der Waals surface area contributed by atoms with E-state index in [1.54, 1.807) is 12.1 Å². The van der Waals surface area contributed by atoms with Gasteiger partial charge < -0.3 is 10.8 Å². The first-order valence-electron chi connectivity index (χ1n) is 6.31. The number of nitrogens with two attached hydrogens (primary N) is 1. The maximum atomic E-state index is 10.7. The molecular weight excluding hydrogens is 268 g/mol. The van der Waals surface area contributed by atoms with Gasteiger partial charge in [-0.2, -0.15) is 0 Å². The molecule has 108 valence electrons. The average Bonchev–Trinajstić information content (AvgIpc) is 2.48. The number of aryl methyl sites for hydroxylation is 1. The van der Waals surface area contributed by atoms with Crippen molar-refractivity contribution >= 4 is 17.5 Å². The zero-order valence-electron chi connectivity index (χ0n) is 11.5. The van der Waals surface area contributed by atoms with Gasteiger partial charge in [0.2, 0.25) is 0 Å². The Hall–Kier alpha value is -3.02. The molecule has 2 aromatic rings. The average molecular weight is 284 g/mol. The van der Waals surface area contributed by atoms with Crippen LogP contribution in [0.4, 0.5) is 5.69 Å². The minimum Gasteiger partial charge on any atom is -0.478 e. The maximum Gasteiger partial charge on any atom is 0.335 e. The number of hydrazine groups is 1. The number of benzene rings is 2. The summed E-state index contributed by atoms with van der Waals surface area (Å²) in [5.41, 5.74) is 14.2. The second kappa shape index (κ2) is 6.42. The number of anilines is 1. The Bertz CT molecular complexity index is 648. The van der Waals surface area contributed by atoms with Crippen molar-refractivity contribution in [3.63, 3.8) is 0 Å². The number of nitrogens with one attached hydrogen (secondary N) is 2. The van der Waals surface area contributed by atoms with E-state index in [2.05, 4.69) is 16.1 Å². The van der Waals surface area contributed by atoms with E-state index in [9.17, 15) is 4.79 Å². The van der Waals surface area contributed by atoms with Gasteiger partial charge in [0.05, 0.1) is 11.3 Å². The summed E-state index contributed by atoms with van der Waals surface area (Å²) in [6, 6.07) is 13.9. The molecule has 2 aromatic carbocycles. The van der Waals surface area contributed by atoms with Crippen molar-refractivity contribution in [2.24, 2.45) is 10.8 Å². The zero-order chi connectivity index (χ0) is 15.2.